The first kappa shape index (κ1) is 17.1. The van der Waals surface area contributed by atoms with Gasteiger partial charge in [-0.1, -0.05) is 30.3 Å². The van der Waals surface area contributed by atoms with Gasteiger partial charge in [-0.05, 0) is 79.4 Å². The zero-order valence-corrected chi connectivity index (χ0v) is 16.8. The Kier molecular flexibility index (Phi) is 4.91. The highest BCUT2D eigenvalue weighted by Crippen LogP contribution is 2.29. The number of hydrogen-bond acceptors (Lipinski definition) is 3. The van der Waals surface area contributed by atoms with Crippen LogP contribution in [0.5, 0.6) is 0 Å². The van der Waals surface area contributed by atoms with Crippen LogP contribution in [0.25, 0.3) is 33.9 Å². The normalized spacial score (nSPS) is 10.7. The summed E-state index contributed by atoms with van der Waals surface area (Å²) >= 11 is 6.86. The second-order valence-corrected chi connectivity index (χ2v) is 7.55. The smallest absolute Gasteiger partial charge is 0.0900 e. The fourth-order valence-electron chi connectivity index (χ4n) is 2.64. The molecule has 0 N–H and O–H groups in total. The van der Waals surface area contributed by atoms with Gasteiger partial charge in [0.2, 0.25) is 0 Å². The molecular formula is C21H13Br2N3. The number of aromatic nitrogens is 3. The van der Waals surface area contributed by atoms with E-state index < -0.39 is 0 Å². The van der Waals surface area contributed by atoms with Gasteiger partial charge < -0.3 is 0 Å². The van der Waals surface area contributed by atoms with E-state index in [2.05, 4.69) is 66.1 Å². The number of benzene rings is 1. The minimum atomic E-state index is 0.818. The molecule has 0 amide bonds. The Morgan fingerprint density at radius 2 is 1.08 bits per heavy atom. The largest absolute Gasteiger partial charge is 0.253 e. The van der Waals surface area contributed by atoms with Crippen molar-refractivity contribution in [2.45, 2.75) is 0 Å². The summed E-state index contributed by atoms with van der Waals surface area (Å²) in [5.74, 6) is 0. The second kappa shape index (κ2) is 7.48. The summed E-state index contributed by atoms with van der Waals surface area (Å²) in [5.41, 5.74) is 5.50. The highest BCUT2D eigenvalue weighted by molar-refractivity contribution is 9.10. The van der Waals surface area contributed by atoms with Crippen molar-refractivity contribution in [3.63, 3.8) is 0 Å². The molecule has 0 saturated carbocycles. The number of rotatable bonds is 3. The minimum Gasteiger partial charge on any atom is -0.253 e. The molecule has 5 heteroatoms. The van der Waals surface area contributed by atoms with E-state index in [-0.39, 0.29) is 0 Å². The first-order chi connectivity index (χ1) is 12.7. The quantitative estimate of drug-likeness (QED) is 0.350. The van der Waals surface area contributed by atoms with Crippen LogP contribution in [0.1, 0.15) is 0 Å². The van der Waals surface area contributed by atoms with Crippen molar-refractivity contribution in [2.75, 3.05) is 0 Å². The fraction of sp³-hybridized carbons (Fsp3) is 0. The van der Waals surface area contributed by atoms with Crippen LogP contribution in [0.15, 0.2) is 88.1 Å². The third-order valence-corrected chi connectivity index (χ3v) is 4.85. The van der Waals surface area contributed by atoms with Crippen molar-refractivity contribution in [1.29, 1.82) is 0 Å². The van der Waals surface area contributed by atoms with Crippen LogP contribution in [0.3, 0.4) is 0 Å². The van der Waals surface area contributed by atoms with Crippen molar-refractivity contribution in [2.24, 2.45) is 0 Å². The van der Waals surface area contributed by atoms with Crippen LogP contribution >= 0.6 is 31.9 Å². The van der Waals surface area contributed by atoms with Gasteiger partial charge in [0.15, 0.2) is 0 Å². The maximum atomic E-state index is 4.80. The highest BCUT2D eigenvalue weighted by Gasteiger charge is 2.10. The van der Waals surface area contributed by atoms with E-state index in [9.17, 15) is 0 Å². The lowest BCUT2D eigenvalue weighted by atomic mass is 10.0. The third kappa shape index (κ3) is 3.74. The Bertz CT molecular complexity index is 967. The molecule has 4 aromatic rings. The molecule has 0 aliphatic heterocycles. The second-order valence-electron chi connectivity index (χ2n) is 5.72. The molecular weight excluding hydrogens is 454 g/mol. The van der Waals surface area contributed by atoms with E-state index in [0.29, 0.717) is 0 Å². The maximum Gasteiger partial charge on any atom is 0.0900 e. The van der Waals surface area contributed by atoms with E-state index in [1.54, 1.807) is 12.4 Å². The van der Waals surface area contributed by atoms with E-state index in [1.165, 1.54) is 0 Å². The summed E-state index contributed by atoms with van der Waals surface area (Å²) in [6.07, 6.45) is 3.56. The first-order valence-corrected chi connectivity index (χ1v) is 9.59. The Morgan fingerprint density at radius 1 is 0.538 bits per heavy atom. The Hall–Kier alpha value is -2.37. The molecule has 0 radical (unpaired) electrons. The molecule has 1 aromatic carbocycles. The van der Waals surface area contributed by atoms with E-state index in [0.717, 1.165) is 42.8 Å². The van der Waals surface area contributed by atoms with Gasteiger partial charge in [0, 0.05) is 21.3 Å². The number of pyridine rings is 3. The van der Waals surface area contributed by atoms with Crippen LogP contribution in [0.2, 0.25) is 0 Å². The molecule has 0 aliphatic rings. The third-order valence-electron chi connectivity index (χ3n) is 3.91. The Labute approximate surface area is 168 Å². The predicted molar refractivity (Wildman–Crippen MR) is 112 cm³/mol. The summed E-state index contributed by atoms with van der Waals surface area (Å²) < 4.78 is 1.88. The van der Waals surface area contributed by atoms with Gasteiger partial charge in [-0.3, -0.25) is 9.97 Å². The van der Waals surface area contributed by atoms with Gasteiger partial charge in [0.05, 0.1) is 22.8 Å². The lowest BCUT2D eigenvalue weighted by Gasteiger charge is -2.09. The van der Waals surface area contributed by atoms with Gasteiger partial charge in [-0.2, -0.15) is 0 Å². The average molecular weight is 467 g/mol. The minimum absolute atomic E-state index is 0.818. The Morgan fingerprint density at radius 3 is 1.54 bits per heavy atom. The molecule has 4 rings (SSSR count). The molecule has 0 unspecified atom stereocenters. The van der Waals surface area contributed by atoms with E-state index >= 15 is 0 Å². The van der Waals surface area contributed by atoms with Crippen LogP contribution in [-0.4, -0.2) is 15.0 Å². The fourth-order valence-corrected chi connectivity index (χ4v) is 3.11. The lowest BCUT2D eigenvalue weighted by Crippen LogP contribution is -1.94. The summed E-state index contributed by atoms with van der Waals surface area (Å²) in [6.45, 7) is 0. The molecule has 3 nitrogen and oxygen atoms in total. The van der Waals surface area contributed by atoms with Crippen molar-refractivity contribution in [3.8, 4) is 33.9 Å². The monoisotopic (exact) mass is 465 g/mol. The summed E-state index contributed by atoms with van der Waals surface area (Å²) in [4.78, 5) is 13.8. The Balaban J connectivity index is 1.89. The van der Waals surface area contributed by atoms with Crippen molar-refractivity contribution >= 4 is 31.9 Å². The molecule has 0 spiro atoms. The van der Waals surface area contributed by atoms with Gasteiger partial charge in [-0.25, -0.2) is 4.98 Å². The molecule has 0 fully saturated rings. The number of hydrogen-bond donors (Lipinski definition) is 0. The SMILES string of the molecule is Brc1ccc(-c2cc(-c3ccccc3)cc(-c3ccc(Br)cn3)n2)nc1. The molecule has 26 heavy (non-hydrogen) atoms. The topological polar surface area (TPSA) is 38.7 Å². The van der Waals surface area contributed by atoms with Crippen LogP contribution in [0, 0.1) is 0 Å². The zero-order chi connectivity index (χ0) is 17.9. The lowest BCUT2D eigenvalue weighted by molar-refractivity contribution is 1.21. The van der Waals surface area contributed by atoms with Gasteiger partial charge in [-0.15, -0.1) is 0 Å². The van der Waals surface area contributed by atoms with E-state index in [4.69, 9.17) is 4.98 Å². The molecule has 126 valence electrons. The van der Waals surface area contributed by atoms with Gasteiger partial charge >= 0.3 is 0 Å². The maximum absolute atomic E-state index is 4.80. The van der Waals surface area contributed by atoms with Crippen molar-refractivity contribution in [1.82, 2.24) is 15.0 Å². The van der Waals surface area contributed by atoms with Crippen LogP contribution in [-0.2, 0) is 0 Å². The molecule has 0 saturated heterocycles. The molecule has 3 aromatic heterocycles. The molecule has 0 bridgehead atoms. The number of halogens is 2. The first-order valence-electron chi connectivity index (χ1n) is 8.00. The van der Waals surface area contributed by atoms with Crippen molar-refractivity contribution < 1.29 is 0 Å². The molecule has 0 atom stereocenters. The predicted octanol–water partition coefficient (Wildman–Crippen LogP) is 6.40. The summed E-state index contributed by atoms with van der Waals surface area (Å²) in [5, 5.41) is 0. The molecule has 0 aliphatic carbocycles. The van der Waals surface area contributed by atoms with Gasteiger partial charge in [0.25, 0.3) is 0 Å². The average Bonchev–Trinajstić information content (AvgIpc) is 2.69. The summed E-state index contributed by atoms with van der Waals surface area (Å²) in [6, 6.07) is 22.2. The van der Waals surface area contributed by atoms with Gasteiger partial charge in [0.1, 0.15) is 0 Å². The van der Waals surface area contributed by atoms with Crippen LogP contribution in [0.4, 0.5) is 0 Å². The summed E-state index contributed by atoms with van der Waals surface area (Å²) in [7, 11) is 0. The van der Waals surface area contributed by atoms with Crippen LogP contribution < -0.4 is 0 Å². The van der Waals surface area contributed by atoms with Crippen molar-refractivity contribution in [3.05, 3.63) is 88.1 Å². The number of nitrogens with zero attached hydrogens (tertiary/aromatic N) is 3. The zero-order valence-electron chi connectivity index (χ0n) is 13.6. The molecule has 3 heterocycles. The standard InChI is InChI=1S/C21H13Br2N3/c22-16-6-8-18(24-12-16)20-10-15(14-4-2-1-3-5-14)11-21(26-20)19-9-7-17(23)13-25-19/h1-13H. The van der Waals surface area contributed by atoms with E-state index in [1.807, 2.05) is 42.5 Å². The highest BCUT2D eigenvalue weighted by atomic mass is 79.9.